The molecule has 3 heterocycles. The fourth-order valence-electron chi connectivity index (χ4n) is 4.57. The summed E-state index contributed by atoms with van der Waals surface area (Å²) in [6.45, 7) is 8.92. The highest BCUT2D eigenvalue weighted by atomic mass is 32.1. The van der Waals surface area contributed by atoms with E-state index in [1.807, 2.05) is 0 Å². The first-order chi connectivity index (χ1) is 14.9. The molecule has 0 atom stereocenters. The van der Waals surface area contributed by atoms with Crippen LogP contribution in [-0.2, 0) is 5.41 Å². The minimum absolute atomic E-state index is 0.0148. The van der Waals surface area contributed by atoms with Gasteiger partial charge in [-0.15, -0.1) is 11.3 Å². The van der Waals surface area contributed by atoms with E-state index in [0.29, 0.717) is 5.71 Å². The molecule has 3 aromatic carbocycles. The van der Waals surface area contributed by atoms with Gasteiger partial charge >= 0.3 is 0 Å². The molecule has 0 spiro atoms. The number of thiophene rings is 1. The van der Waals surface area contributed by atoms with Crippen LogP contribution in [0.25, 0.3) is 54.2 Å². The van der Waals surface area contributed by atoms with Gasteiger partial charge in [0, 0.05) is 10.9 Å². The summed E-state index contributed by atoms with van der Waals surface area (Å²) in [5, 5.41) is 8.00. The molecule has 0 aliphatic heterocycles. The van der Waals surface area contributed by atoms with E-state index in [4.69, 9.17) is 9.40 Å². The van der Waals surface area contributed by atoms with Crippen LogP contribution in [0.2, 0.25) is 0 Å². The Kier molecular flexibility index (Phi) is 3.81. The quantitative estimate of drug-likeness (QED) is 0.269. The molecule has 0 fully saturated rings. The Balaban J connectivity index is 1.72. The van der Waals surface area contributed by atoms with Crippen LogP contribution in [0.5, 0.6) is 0 Å². The van der Waals surface area contributed by atoms with Crippen molar-refractivity contribution in [2.75, 3.05) is 0 Å². The molecule has 0 amide bonds. The number of rotatable bonds is 1. The van der Waals surface area contributed by atoms with Gasteiger partial charge in [0.05, 0.1) is 15.8 Å². The van der Waals surface area contributed by atoms with E-state index in [2.05, 4.69) is 86.6 Å². The van der Waals surface area contributed by atoms with E-state index in [9.17, 15) is 0 Å². The van der Waals surface area contributed by atoms with E-state index >= 15 is 0 Å². The number of aryl methyl sites for hydroxylation is 1. The lowest BCUT2D eigenvalue weighted by Crippen LogP contribution is -2.12. The van der Waals surface area contributed by atoms with Crippen LogP contribution in [0, 0.1) is 6.92 Å². The van der Waals surface area contributed by atoms with Crippen molar-refractivity contribution >= 4 is 54.3 Å². The van der Waals surface area contributed by atoms with Gasteiger partial charge in [0.2, 0.25) is 5.71 Å². The highest BCUT2D eigenvalue weighted by Gasteiger charge is 2.22. The van der Waals surface area contributed by atoms with Gasteiger partial charge in [0.25, 0.3) is 0 Å². The second-order valence-electron chi connectivity index (χ2n) is 9.24. The lowest BCUT2D eigenvalue weighted by Gasteiger charge is -2.22. The summed E-state index contributed by atoms with van der Waals surface area (Å²) in [7, 11) is 0. The summed E-state index contributed by atoms with van der Waals surface area (Å²) < 4.78 is 7.46. The van der Waals surface area contributed by atoms with Crippen molar-refractivity contribution < 1.29 is 4.42 Å². The van der Waals surface area contributed by atoms with Gasteiger partial charge < -0.3 is 4.42 Å². The summed E-state index contributed by atoms with van der Waals surface area (Å²) >= 11 is 1.73. The van der Waals surface area contributed by atoms with Crippen molar-refractivity contribution in [2.24, 2.45) is 0 Å². The van der Waals surface area contributed by atoms with Crippen LogP contribution < -0.4 is 0 Å². The highest BCUT2D eigenvalue weighted by Crippen LogP contribution is 2.41. The maximum Gasteiger partial charge on any atom is 0.231 e. The predicted molar refractivity (Wildman–Crippen MR) is 131 cm³/mol. The second kappa shape index (κ2) is 6.38. The third kappa shape index (κ3) is 2.71. The monoisotopic (exact) mass is 422 g/mol. The number of aromatic nitrogens is 2. The number of furan rings is 1. The topological polar surface area (TPSA) is 38.9 Å². The molecule has 0 radical (unpaired) electrons. The molecule has 3 aromatic heterocycles. The van der Waals surface area contributed by atoms with E-state index in [1.165, 1.54) is 32.0 Å². The largest absolute Gasteiger partial charge is 0.436 e. The molecule has 0 unspecified atom stereocenters. The maximum absolute atomic E-state index is 6.29. The number of hydrogen-bond donors (Lipinski definition) is 0. The molecule has 3 nitrogen and oxygen atoms in total. The average Bonchev–Trinajstić information content (AvgIpc) is 3.32. The van der Waals surface area contributed by atoms with Crippen molar-refractivity contribution in [1.82, 2.24) is 9.97 Å². The minimum atomic E-state index is 0.0148. The molecule has 0 bridgehead atoms. The Morgan fingerprint density at radius 2 is 1.71 bits per heavy atom. The lowest BCUT2D eigenvalue weighted by atomic mass is 9.82. The van der Waals surface area contributed by atoms with Gasteiger partial charge in [-0.25, -0.2) is 9.97 Å². The molecular weight excluding hydrogens is 400 g/mol. The summed E-state index contributed by atoms with van der Waals surface area (Å²) in [4.78, 5) is 9.23. The zero-order valence-electron chi connectivity index (χ0n) is 18.0. The molecule has 0 saturated heterocycles. The number of fused-ring (bicyclic) bond motifs is 6. The van der Waals surface area contributed by atoms with Gasteiger partial charge in [0.15, 0.2) is 5.58 Å². The average molecular weight is 423 g/mol. The SMILES string of the molecule is Cc1csc2c1ccc1c2oc2ncnc(-c3cc(C(C)(C)C)c4ccccc4c3)c21. The summed E-state index contributed by atoms with van der Waals surface area (Å²) in [5.74, 6) is 0. The molecule has 31 heavy (non-hydrogen) atoms. The Morgan fingerprint density at radius 3 is 2.55 bits per heavy atom. The molecule has 6 aromatic rings. The Labute approximate surface area is 184 Å². The van der Waals surface area contributed by atoms with Gasteiger partial charge in [-0.2, -0.15) is 0 Å². The summed E-state index contributed by atoms with van der Waals surface area (Å²) in [6, 6.07) is 17.5. The van der Waals surface area contributed by atoms with Crippen LogP contribution in [-0.4, -0.2) is 9.97 Å². The van der Waals surface area contributed by atoms with Gasteiger partial charge in [0.1, 0.15) is 6.33 Å². The van der Waals surface area contributed by atoms with Crippen molar-refractivity contribution in [1.29, 1.82) is 0 Å². The fraction of sp³-hybridized carbons (Fsp3) is 0.185. The van der Waals surface area contributed by atoms with Crippen molar-refractivity contribution in [3.8, 4) is 11.3 Å². The molecular formula is C27H22N2OS. The lowest BCUT2D eigenvalue weighted by molar-refractivity contribution is 0.596. The standard InChI is InChI=1S/C27H22N2OS/c1-15-13-31-25-18(15)9-10-20-22-23(28-14-29-26(22)30-24(20)25)17-11-16-7-5-6-8-19(16)21(12-17)27(2,3)4/h5-14H,1-4H3. The van der Waals surface area contributed by atoms with Crippen LogP contribution in [0.3, 0.4) is 0 Å². The Morgan fingerprint density at radius 1 is 0.903 bits per heavy atom. The van der Waals surface area contributed by atoms with Crippen LogP contribution in [0.1, 0.15) is 31.9 Å². The normalized spacial score (nSPS) is 12.5. The van der Waals surface area contributed by atoms with Crippen LogP contribution >= 0.6 is 11.3 Å². The van der Waals surface area contributed by atoms with Crippen molar-refractivity contribution in [3.63, 3.8) is 0 Å². The first-order valence-corrected chi connectivity index (χ1v) is 11.4. The zero-order valence-corrected chi connectivity index (χ0v) is 18.8. The molecule has 0 N–H and O–H groups in total. The summed E-state index contributed by atoms with van der Waals surface area (Å²) in [5.41, 5.74) is 6.18. The number of benzene rings is 3. The van der Waals surface area contributed by atoms with Crippen molar-refractivity contribution in [3.05, 3.63) is 71.4 Å². The third-order valence-electron chi connectivity index (χ3n) is 6.11. The van der Waals surface area contributed by atoms with Crippen molar-refractivity contribution in [2.45, 2.75) is 33.1 Å². The molecule has 6 rings (SSSR count). The first-order valence-electron chi connectivity index (χ1n) is 10.5. The number of hydrogen-bond acceptors (Lipinski definition) is 4. The second-order valence-corrected chi connectivity index (χ2v) is 10.1. The molecule has 0 saturated carbocycles. The molecule has 152 valence electrons. The smallest absolute Gasteiger partial charge is 0.231 e. The third-order valence-corrected chi connectivity index (χ3v) is 7.23. The number of nitrogens with zero attached hydrogens (tertiary/aromatic N) is 2. The highest BCUT2D eigenvalue weighted by molar-refractivity contribution is 7.18. The van der Waals surface area contributed by atoms with Gasteiger partial charge in [-0.3, -0.25) is 0 Å². The van der Waals surface area contributed by atoms with Crippen LogP contribution in [0.4, 0.5) is 0 Å². The molecule has 0 aliphatic rings. The molecule has 4 heteroatoms. The zero-order chi connectivity index (χ0) is 21.3. The van der Waals surface area contributed by atoms with E-state index in [1.54, 1.807) is 17.7 Å². The van der Waals surface area contributed by atoms with E-state index in [0.717, 1.165) is 27.6 Å². The van der Waals surface area contributed by atoms with Crippen LogP contribution in [0.15, 0.2) is 64.7 Å². The molecule has 0 aliphatic carbocycles. The van der Waals surface area contributed by atoms with E-state index in [-0.39, 0.29) is 5.41 Å². The minimum Gasteiger partial charge on any atom is -0.436 e. The van der Waals surface area contributed by atoms with Gasteiger partial charge in [-0.1, -0.05) is 51.1 Å². The summed E-state index contributed by atoms with van der Waals surface area (Å²) in [6.07, 6.45) is 1.61. The first kappa shape index (κ1) is 18.5. The Hall–Kier alpha value is -3.24. The Bertz CT molecular complexity index is 1630. The predicted octanol–water partition coefficient (Wildman–Crippen LogP) is 8.02. The maximum atomic E-state index is 6.29. The fourth-order valence-corrected chi connectivity index (χ4v) is 5.61. The van der Waals surface area contributed by atoms with Gasteiger partial charge in [-0.05, 0) is 63.2 Å². The van der Waals surface area contributed by atoms with E-state index < -0.39 is 0 Å².